The molecule has 0 saturated heterocycles. The van der Waals surface area contributed by atoms with Gasteiger partial charge in [-0.2, -0.15) is 0 Å². The Kier molecular flexibility index (Phi) is 3.21. The first-order valence-corrected chi connectivity index (χ1v) is 5.49. The number of halogens is 1. The summed E-state index contributed by atoms with van der Waals surface area (Å²) in [5.74, 6) is 1.72. The molecule has 4 heteroatoms. The molecule has 0 aliphatic rings. The third-order valence-electron chi connectivity index (χ3n) is 1.62. The van der Waals surface area contributed by atoms with Crippen LogP contribution in [0, 0.1) is 0 Å². The fraction of sp³-hybridized carbons (Fsp3) is 0.667. The molecule has 1 aromatic rings. The second-order valence-corrected chi connectivity index (χ2v) is 5.90. The quantitative estimate of drug-likeness (QED) is 0.590. The second-order valence-electron chi connectivity index (χ2n) is 4.03. The molecule has 0 bridgehead atoms. The second kappa shape index (κ2) is 3.86. The van der Waals surface area contributed by atoms with Gasteiger partial charge in [0, 0.05) is 5.41 Å². The van der Waals surface area contributed by atoms with Crippen molar-refractivity contribution in [1.82, 2.24) is 15.0 Å². The van der Waals surface area contributed by atoms with Crippen LogP contribution >= 0.6 is 22.6 Å². The molecular formula is C9H14IN3. The highest BCUT2D eigenvalue weighted by molar-refractivity contribution is 14.1. The number of hydrogen-bond donors (Lipinski definition) is 0. The predicted octanol–water partition coefficient (Wildman–Crippen LogP) is 2.67. The number of alkyl halides is 1. The van der Waals surface area contributed by atoms with Crippen molar-refractivity contribution < 1.29 is 0 Å². The van der Waals surface area contributed by atoms with Crippen LogP contribution in [-0.2, 0) is 5.41 Å². The van der Waals surface area contributed by atoms with Gasteiger partial charge in [-0.15, -0.1) is 0 Å². The van der Waals surface area contributed by atoms with Crippen LogP contribution in [0.15, 0.2) is 6.33 Å². The third-order valence-corrected chi connectivity index (χ3v) is 2.17. The first-order chi connectivity index (χ1) is 5.91. The summed E-state index contributed by atoms with van der Waals surface area (Å²) in [6.45, 7) is 8.38. The summed E-state index contributed by atoms with van der Waals surface area (Å²) in [7, 11) is 0. The number of hydrogen-bond acceptors (Lipinski definition) is 3. The summed E-state index contributed by atoms with van der Waals surface area (Å²) in [5, 5.41) is 0. The van der Waals surface area contributed by atoms with E-state index in [2.05, 4.69) is 65.2 Å². The third kappa shape index (κ3) is 2.86. The van der Waals surface area contributed by atoms with Crippen LogP contribution in [0.5, 0.6) is 0 Å². The van der Waals surface area contributed by atoms with Crippen LogP contribution < -0.4 is 0 Å². The lowest BCUT2D eigenvalue weighted by atomic mass is 9.96. The van der Waals surface area contributed by atoms with E-state index in [9.17, 15) is 0 Å². The van der Waals surface area contributed by atoms with Gasteiger partial charge in [0.1, 0.15) is 18.0 Å². The van der Waals surface area contributed by atoms with Crippen LogP contribution in [0.4, 0.5) is 0 Å². The summed E-state index contributed by atoms with van der Waals surface area (Å²) in [5.41, 5.74) is 0.00319. The summed E-state index contributed by atoms with van der Waals surface area (Å²) in [4.78, 5) is 12.7. The lowest BCUT2D eigenvalue weighted by molar-refractivity contribution is 0.536. The van der Waals surface area contributed by atoms with E-state index < -0.39 is 0 Å². The van der Waals surface area contributed by atoms with Gasteiger partial charge in [0.05, 0.1) is 3.92 Å². The lowest BCUT2D eigenvalue weighted by Crippen LogP contribution is -2.17. The molecule has 1 unspecified atom stereocenters. The molecule has 3 nitrogen and oxygen atoms in total. The minimum Gasteiger partial charge on any atom is -0.221 e. The highest BCUT2D eigenvalue weighted by atomic mass is 127. The molecule has 0 aliphatic heterocycles. The summed E-state index contributed by atoms with van der Waals surface area (Å²) in [6.07, 6.45) is 1.60. The molecule has 13 heavy (non-hydrogen) atoms. The van der Waals surface area contributed by atoms with Gasteiger partial charge < -0.3 is 0 Å². The Morgan fingerprint density at radius 3 is 2.38 bits per heavy atom. The molecule has 0 spiro atoms. The predicted molar refractivity (Wildman–Crippen MR) is 61.0 cm³/mol. The fourth-order valence-corrected chi connectivity index (χ4v) is 1.16. The highest BCUT2D eigenvalue weighted by Gasteiger charge is 2.18. The van der Waals surface area contributed by atoms with Crippen molar-refractivity contribution in [2.45, 2.75) is 37.0 Å². The Bertz CT molecular complexity index is 291. The molecule has 0 aromatic carbocycles. The number of aromatic nitrogens is 3. The van der Waals surface area contributed by atoms with Gasteiger partial charge in [0.2, 0.25) is 0 Å². The molecule has 0 fully saturated rings. The molecule has 0 N–H and O–H groups in total. The molecule has 0 radical (unpaired) electrons. The average Bonchev–Trinajstić information content (AvgIpc) is 2.03. The Labute approximate surface area is 92.5 Å². The van der Waals surface area contributed by atoms with Gasteiger partial charge in [-0.3, -0.25) is 0 Å². The monoisotopic (exact) mass is 291 g/mol. The van der Waals surface area contributed by atoms with E-state index in [1.807, 2.05) is 0 Å². The van der Waals surface area contributed by atoms with Crippen LogP contribution in [0.25, 0.3) is 0 Å². The van der Waals surface area contributed by atoms with E-state index in [-0.39, 0.29) is 5.41 Å². The minimum atomic E-state index is 0.00319. The maximum atomic E-state index is 4.41. The van der Waals surface area contributed by atoms with E-state index >= 15 is 0 Å². The molecular weight excluding hydrogens is 277 g/mol. The van der Waals surface area contributed by atoms with Crippen molar-refractivity contribution in [2.24, 2.45) is 0 Å². The van der Waals surface area contributed by atoms with Crippen molar-refractivity contribution >= 4 is 22.6 Å². The van der Waals surface area contributed by atoms with Crippen LogP contribution in [0.1, 0.15) is 43.3 Å². The SMILES string of the molecule is CC(I)c1ncnc(C(C)(C)C)n1. The highest BCUT2D eigenvalue weighted by Crippen LogP contribution is 2.21. The first kappa shape index (κ1) is 10.8. The van der Waals surface area contributed by atoms with Gasteiger partial charge in [0.15, 0.2) is 0 Å². The first-order valence-electron chi connectivity index (χ1n) is 4.25. The van der Waals surface area contributed by atoms with E-state index in [0.29, 0.717) is 3.92 Å². The topological polar surface area (TPSA) is 38.7 Å². The fourth-order valence-electron chi connectivity index (χ4n) is 0.862. The van der Waals surface area contributed by atoms with Crippen LogP contribution in [-0.4, -0.2) is 15.0 Å². The summed E-state index contributed by atoms with van der Waals surface area (Å²) in [6, 6.07) is 0. The van der Waals surface area contributed by atoms with E-state index in [1.165, 1.54) is 0 Å². The zero-order valence-electron chi connectivity index (χ0n) is 8.37. The van der Waals surface area contributed by atoms with Gasteiger partial charge in [0.25, 0.3) is 0 Å². The lowest BCUT2D eigenvalue weighted by Gasteiger charge is -2.16. The zero-order chi connectivity index (χ0) is 10.1. The molecule has 72 valence electrons. The van der Waals surface area contributed by atoms with Gasteiger partial charge in [-0.25, -0.2) is 15.0 Å². The van der Waals surface area contributed by atoms with E-state index in [0.717, 1.165) is 11.6 Å². The number of rotatable bonds is 1. The Hall–Kier alpha value is -0.260. The number of nitrogens with zero attached hydrogens (tertiary/aromatic N) is 3. The zero-order valence-corrected chi connectivity index (χ0v) is 10.5. The smallest absolute Gasteiger partial charge is 0.144 e. The molecule has 0 saturated carbocycles. The van der Waals surface area contributed by atoms with Gasteiger partial charge in [-0.05, 0) is 6.92 Å². The van der Waals surface area contributed by atoms with Gasteiger partial charge >= 0.3 is 0 Å². The Morgan fingerprint density at radius 2 is 1.92 bits per heavy atom. The summed E-state index contributed by atoms with van der Waals surface area (Å²) < 4.78 is 0.335. The molecule has 1 heterocycles. The molecule has 1 atom stereocenters. The van der Waals surface area contributed by atoms with Crippen molar-refractivity contribution in [2.75, 3.05) is 0 Å². The summed E-state index contributed by atoms with van der Waals surface area (Å²) >= 11 is 2.30. The molecule has 1 aromatic heterocycles. The van der Waals surface area contributed by atoms with E-state index in [1.54, 1.807) is 6.33 Å². The standard InChI is InChI=1S/C9H14IN3/c1-6(10)7-11-5-12-8(13-7)9(2,3)4/h5-6H,1-4H3. The largest absolute Gasteiger partial charge is 0.221 e. The Balaban J connectivity index is 3.06. The van der Waals surface area contributed by atoms with Crippen molar-refractivity contribution in [3.8, 4) is 0 Å². The molecule has 1 rings (SSSR count). The molecule has 0 aliphatic carbocycles. The van der Waals surface area contributed by atoms with Crippen molar-refractivity contribution in [1.29, 1.82) is 0 Å². The molecule has 0 amide bonds. The van der Waals surface area contributed by atoms with Gasteiger partial charge in [-0.1, -0.05) is 43.4 Å². The maximum Gasteiger partial charge on any atom is 0.144 e. The van der Waals surface area contributed by atoms with Crippen LogP contribution in [0.2, 0.25) is 0 Å². The van der Waals surface area contributed by atoms with Crippen molar-refractivity contribution in [3.05, 3.63) is 18.0 Å². The van der Waals surface area contributed by atoms with Crippen molar-refractivity contribution in [3.63, 3.8) is 0 Å². The van der Waals surface area contributed by atoms with E-state index in [4.69, 9.17) is 0 Å². The minimum absolute atomic E-state index is 0.00319. The Morgan fingerprint density at radius 1 is 1.31 bits per heavy atom. The van der Waals surface area contributed by atoms with Crippen LogP contribution in [0.3, 0.4) is 0 Å². The average molecular weight is 291 g/mol. The normalized spacial score (nSPS) is 14.2. The maximum absolute atomic E-state index is 4.41.